The van der Waals surface area contributed by atoms with Crippen LogP contribution in [0.15, 0.2) is 0 Å². The van der Waals surface area contributed by atoms with E-state index in [2.05, 4.69) is 46.9 Å². The Hall–Kier alpha value is -0.610. The normalized spacial score (nSPS) is 34.3. The van der Waals surface area contributed by atoms with E-state index < -0.39 is 0 Å². The number of hydrogen-bond acceptors (Lipinski definition) is 3. The Balaban J connectivity index is 2.67. The van der Waals surface area contributed by atoms with Crippen LogP contribution in [0.5, 0.6) is 0 Å². The van der Waals surface area contributed by atoms with Gasteiger partial charge in [0.05, 0.1) is 0 Å². The molecule has 4 atom stereocenters. The Morgan fingerprint density at radius 3 is 2.29 bits per heavy atom. The van der Waals surface area contributed by atoms with Crippen molar-refractivity contribution in [2.75, 3.05) is 0 Å². The second-order valence-electron chi connectivity index (χ2n) is 8.20. The molecule has 1 heterocycles. The molecule has 0 spiro atoms. The second-order valence-corrected chi connectivity index (χ2v) is 8.20. The number of unbranched alkanes of at least 4 members (excludes halogenated alkanes) is 4. The van der Waals surface area contributed by atoms with Crippen LogP contribution < -0.4 is 5.32 Å². The van der Waals surface area contributed by atoms with Crippen molar-refractivity contribution in [3.05, 3.63) is 0 Å². The van der Waals surface area contributed by atoms with Crippen LogP contribution in [0.25, 0.3) is 0 Å². The summed E-state index contributed by atoms with van der Waals surface area (Å²) >= 11 is 0. The van der Waals surface area contributed by atoms with Gasteiger partial charge in [-0.3, -0.25) is 4.79 Å². The highest BCUT2D eigenvalue weighted by Gasteiger charge is 2.52. The van der Waals surface area contributed by atoms with E-state index in [1.54, 1.807) is 5.06 Å². The van der Waals surface area contributed by atoms with Crippen LogP contribution in [0.2, 0.25) is 0 Å². The van der Waals surface area contributed by atoms with Gasteiger partial charge in [-0.25, -0.2) is 0 Å². The molecular weight excluding hydrogens is 300 g/mol. The number of piperidine rings is 1. The predicted octanol–water partition coefficient (Wildman–Crippen LogP) is 4.90. The van der Waals surface area contributed by atoms with Crippen LogP contribution in [0.1, 0.15) is 99.3 Å². The molecule has 1 rings (SSSR count). The lowest BCUT2D eigenvalue weighted by atomic mass is 9.68. The maximum Gasteiger partial charge on any atom is 0.220 e. The summed E-state index contributed by atoms with van der Waals surface area (Å²) in [5, 5.41) is 15.7. The van der Waals surface area contributed by atoms with Gasteiger partial charge in [0.1, 0.15) is 0 Å². The molecule has 1 saturated heterocycles. The van der Waals surface area contributed by atoms with E-state index in [0.717, 1.165) is 32.1 Å². The zero-order chi connectivity index (χ0) is 18.4. The molecule has 0 radical (unpaired) electrons. The molecule has 1 aliphatic rings. The van der Waals surface area contributed by atoms with E-state index in [0.29, 0.717) is 6.42 Å². The summed E-state index contributed by atoms with van der Waals surface area (Å²) in [4.78, 5) is 12.4. The van der Waals surface area contributed by atoms with Gasteiger partial charge in [0.15, 0.2) is 0 Å². The lowest BCUT2D eigenvalue weighted by Gasteiger charge is -2.57. The SMILES string of the molecule is CCCCCCCC(=O)NC1CC(C)(CC)N(O)C(C)(CC)C1C. The fourth-order valence-corrected chi connectivity index (χ4v) is 4.09. The number of rotatable bonds is 9. The first kappa shape index (κ1) is 21.4. The van der Waals surface area contributed by atoms with Crippen molar-refractivity contribution in [3.63, 3.8) is 0 Å². The molecule has 1 amide bonds. The summed E-state index contributed by atoms with van der Waals surface area (Å²) in [7, 11) is 0. The number of nitrogens with one attached hydrogen (secondary N) is 1. The Kier molecular flexibility index (Phi) is 8.21. The van der Waals surface area contributed by atoms with Gasteiger partial charge in [-0.05, 0) is 45.4 Å². The summed E-state index contributed by atoms with van der Waals surface area (Å²) in [6, 6.07) is 0.131. The van der Waals surface area contributed by atoms with E-state index in [1.165, 1.54) is 19.3 Å². The number of nitrogens with zero attached hydrogens (tertiary/aromatic N) is 1. The second kappa shape index (κ2) is 9.19. The molecule has 24 heavy (non-hydrogen) atoms. The molecule has 0 aromatic carbocycles. The summed E-state index contributed by atoms with van der Waals surface area (Å²) in [6.45, 7) is 12.8. The van der Waals surface area contributed by atoms with Gasteiger partial charge in [0.25, 0.3) is 0 Å². The molecule has 4 heteroatoms. The molecule has 0 aromatic heterocycles. The fourth-order valence-electron chi connectivity index (χ4n) is 4.09. The predicted molar refractivity (Wildman–Crippen MR) is 100 cm³/mol. The zero-order valence-electron chi connectivity index (χ0n) is 16.8. The maximum absolute atomic E-state index is 12.4. The average molecular weight is 341 g/mol. The van der Waals surface area contributed by atoms with Crippen molar-refractivity contribution in [1.82, 2.24) is 10.4 Å². The first-order valence-electron chi connectivity index (χ1n) is 10.0. The molecule has 1 aliphatic heterocycles. The molecule has 0 aromatic rings. The lowest BCUT2D eigenvalue weighted by Crippen LogP contribution is -2.69. The molecule has 142 valence electrons. The van der Waals surface area contributed by atoms with Gasteiger partial charge in [-0.15, -0.1) is 0 Å². The quantitative estimate of drug-likeness (QED) is 0.587. The number of carbonyl (C=O) groups is 1. The smallest absolute Gasteiger partial charge is 0.220 e. The van der Waals surface area contributed by atoms with Gasteiger partial charge in [0.2, 0.25) is 5.91 Å². The summed E-state index contributed by atoms with van der Waals surface area (Å²) in [5.74, 6) is 0.391. The highest BCUT2D eigenvalue weighted by atomic mass is 16.5. The third-order valence-electron chi connectivity index (χ3n) is 6.57. The van der Waals surface area contributed by atoms with Crippen molar-refractivity contribution in [3.8, 4) is 0 Å². The third-order valence-corrected chi connectivity index (χ3v) is 6.57. The van der Waals surface area contributed by atoms with E-state index in [-0.39, 0.29) is 28.9 Å². The number of hydrogen-bond donors (Lipinski definition) is 2. The van der Waals surface area contributed by atoms with Gasteiger partial charge >= 0.3 is 0 Å². The largest absolute Gasteiger partial charge is 0.353 e. The first-order valence-corrected chi connectivity index (χ1v) is 10.0. The Morgan fingerprint density at radius 2 is 1.75 bits per heavy atom. The summed E-state index contributed by atoms with van der Waals surface area (Å²) < 4.78 is 0. The average Bonchev–Trinajstić information content (AvgIpc) is 2.57. The van der Waals surface area contributed by atoms with Crippen LogP contribution in [0, 0.1) is 5.92 Å². The van der Waals surface area contributed by atoms with Gasteiger partial charge in [0, 0.05) is 23.5 Å². The molecular formula is C20H40N2O2. The van der Waals surface area contributed by atoms with E-state index in [9.17, 15) is 10.0 Å². The van der Waals surface area contributed by atoms with Crippen LogP contribution in [0.3, 0.4) is 0 Å². The zero-order valence-corrected chi connectivity index (χ0v) is 16.8. The first-order chi connectivity index (χ1) is 11.2. The molecule has 0 bridgehead atoms. The third kappa shape index (κ3) is 4.72. The van der Waals surface area contributed by atoms with E-state index in [1.807, 2.05) is 0 Å². The van der Waals surface area contributed by atoms with Gasteiger partial charge in [-0.2, -0.15) is 5.06 Å². The minimum Gasteiger partial charge on any atom is -0.353 e. The minimum absolute atomic E-state index is 0.131. The Bertz CT molecular complexity index is 401. The lowest BCUT2D eigenvalue weighted by molar-refractivity contribution is -0.274. The number of carbonyl (C=O) groups excluding carboxylic acids is 1. The summed E-state index contributed by atoms with van der Waals surface area (Å²) in [5.41, 5.74) is -0.585. The molecule has 1 fully saturated rings. The number of hydroxylamine groups is 2. The number of amides is 1. The molecule has 0 saturated carbocycles. The Morgan fingerprint density at radius 1 is 1.12 bits per heavy atom. The highest BCUT2D eigenvalue weighted by molar-refractivity contribution is 5.76. The van der Waals surface area contributed by atoms with E-state index >= 15 is 0 Å². The molecule has 4 nitrogen and oxygen atoms in total. The van der Waals surface area contributed by atoms with Crippen molar-refractivity contribution < 1.29 is 10.0 Å². The van der Waals surface area contributed by atoms with Crippen molar-refractivity contribution in [1.29, 1.82) is 0 Å². The van der Waals surface area contributed by atoms with Crippen LogP contribution in [-0.4, -0.2) is 33.3 Å². The van der Waals surface area contributed by atoms with E-state index in [4.69, 9.17) is 0 Å². The van der Waals surface area contributed by atoms with Crippen molar-refractivity contribution in [2.24, 2.45) is 5.92 Å². The van der Waals surface area contributed by atoms with Gasteiger partial charge in [-0.1, -0.05) is 53.4 Å². The summed E-state index contributed by atoms with van der Waals surface area (Å²) in [6.07, 6.45) is 9.01. The standard InChI is InChI=1S/C20H40N2O2/c1-7-10-11-12-13-14-18(23)21-17-15-19(5,8-2)22(24)20(6,9-3)16(17)4/h16-17,24H,7-15H2,1-6H3,(H,21,23). The highest BCUT2D eigenvalue weighted by Crippen LogP contribution is 2.44. The molecule has 0 aliphatic carbocycles. The van der Waals surface area contributed by atoms with Crippen LogP contribution in [0.4, 0.5) is 0 Å². The van der Waals surface area contributed by atoms with Crippen molar-refractivity contribution in [2.45, 2.75) is 116 Å². The topological polar surface area (TPSA) is 52.6 Å². The Labute approximate surface area is 149 Å². The van der Waals surface area contributed by atoms with Crippen molar-refractivity contribution >= 4 is 5.91 Å². The maximum atomic E-state index is 12.4. The molecule has 2 N–H and O–H groups in total. The minimum atomic E-state index is -0.303. The molecule has 4 unspecified atom stereocenters. The monoisotopic (exact) mass is 340 g/mol. The fraction of sp³-hybridized carbons (Fsp3) is 0.950. The van der Waals surface area contributed by atoms with Gasteiger partial charge < -0.3 is 10.5 Å². The van der Waals surface area contributed by atoms with Crippen LogP contribution >= 0.6 is 0 Å². The van der Waals surface area contributed by atoms with Crippen LogP contribution in [-0.2, 0) is 4.79 Å².